The van der Waals surface area contributed by atoms with Gasteiger partial charge >= 0.3 is 5.97 Å². The molecule has 160 valence electrons. The number of pyridine rings is 1. The van der Waals surface area contributed by atoms with Crippen molar-refractivity contribution in [2.75, 3.05) is 14.1 Å². The maximum Gasteiger partial charge on any atom is 0.339 e. The maximum absolute atomic E-state index is 13.3. The summed E-state index contributed by atoms with van der Waals surface area (Å²) in [4.78, 5) is 31.9. The van der Waals surface area contributed by atoms with E-state index in [0.29, 0.717) is 17.9 Å². The van der Waals surface area contributed by atoms with Crippen LogP contribution in [0.25, 0.3) is 22.6 Å². The molecule has 31 heavy (non-hydrogen) atoms. The van der Waals surface area contributed by atoms with Crippen LogP contribution in [0.5, 0.6) is 0 Å². The van der Waals surface area contributed by atoms with Crippen molar-refractivity contribution in [1.29, 1.82) is 0 Å². The number of para-hydroxylation sites is 1. The molecule has 0 radical (unpaired) electrons. The molecule has 0 N–H and O–H groups in total. The van der Waals surface area contributed by atoms with E-state index < -0.39 is 12.1 Å². The third kappa shape index (κ3) is 4.10. The van der Waals surface area contributed by atoms with Crippen molar-refractivity contribution in [3.63, 3.8) is 0 Å². The number of amides is 1. The normalized spacial score (nSPS) is 17.9. The first kappa shape index (κ1) is 20.8. The number of allylic oxidation sites excluding steroid dienone is 1. The van der Waals surface area contributed by atoms with Gasteiger partial charge in [0, 0.05) is 19.5 Å². The van der Waals surface area contributed by atoms with Gasteiger partial charge in [0.05, 0.1) is 23.0 Å². The van der Waals surface area contributed by atoms with Gasteiger partial charge in [-0.25, -0.2) is 9.78 Å². The van der Waals surface area contributed by atoms with Gasteiger partial charge in [-0.3, -0.25) is 4.79 Å². The lowest BCUT2D eigenvalue weighted by atomic mass is 9.81. The topological polar surface area (TPSA) is 72.6 Å². The van der Waals surface area contributed by atoms with Crippen LogP contribution in [-0.2, 0) is 16.0 Å². The van der Waals surface area contributed by atoms with Crippen LogP contribution >= 0.6 is 0 Å². The summed E-state index contributed by atoms with van der Waals surface area (Å²) in [6.07, 6.45) is 4.30. The molecule has 1 amide bonds. The molecule has 2 atom stereocenters. The van der Waals surface area contributed by atoms with E-state index in [2.05, 4.69) is 6.92 Å². The van der Waals surface area contributed by atoms with Crippen LogP contribution in [0.2, 0.25) is 0 Å². The van der Waals surface area contributed by atoms with Crippen molar-refractivity contribution in [1.82, 2.24) is 9.88 Å². The van der Waals surface area contributed by atoms with Gasteiger partial charge in [-0.1, -0.05) is 25.1 Å². The van der Waals surface area contributed by atoms with Crippen molar-refractivity contribution in [2.24, 2.45) is 5.92 Å². The quantitative estimate of drug-likeness (QED) is 0.580. The molecule has 1 aromatic carbocycles. The Hall–Kier alpha value is -3.41. The van der Waals surface area contributed by atoms with Crippen LogP contribution in [0.3, 0.4) is 0 Å². The Labute approximate surface area is 181 Å². The summed E-state index contributed by atoms with van der Waals surface area (Å²) in [5.74, 6) is 0.319. The second-order valence-electron chi connectivity index (χ2n) is 8.31. The fraction of sp³-hybridized carbons (Fsp3) is 0.320. The van der Waals surface area contributed by atoms with Crippen molar-refractivity contribution in [3.8, 4) is 0 Å². The lowest BCUT2D eigenvalue weighted by Gasteiger charge is -2.27. The number of fused-ring (bicyclic) bond motifs is 2. The highest BCUT2D eigenvalue weighted by atomic mass is 16.5. The average molecular weight is 418 g/mol. The zero-order chi connectivity index (χ0) is 22.1. The Kier molecular flexibility index (Phi) is 5.63. The number of hydrogen-bond acceptors (Lipinski definition) is 5. The van der Waals surface area contributed by atoms with Gasteiger partial charge in [-0.2, -0.15) is 0 Å². The fourth-order valence-electron chi connectivity index (χ4n) is 4.15. The van der Waals surface area contributed by atoms with Gasteiger partial charge in [0.2, 0.25) is 0 Å². The maximum atomic E-state index is 13.3. The molecule has 0 saturated carbocycles. The second-order valence-corrected chi connectivity index (χ2v) is 8.31. The minimum absolute atomic E-state index is 0.257. The molecule has 3 aromatic rings. The lowest BCUT2D eigenvalue weighted by molar-refractivity contribution is -0.137. The van der Waals surface area contributed by atoms with Crippen LogP contribution < -0.4 is 0 Å². The third-order valence-electron chi connectivity index (χ3n) is 5.55. The van der Waals surface area contributed by atoms with Crippen LogP contribution in [0.4, 0.5) is 0 Å². The highest BCUT2D eigenvalue weighted by molar-refractivity contribution is 6.07. The number of carbonyl (C=O) groups is 2. The van der Waals surface area contributed by atoms with Crippen LogP contribution in [0, 0.1) is 5.92 Å². The second kappa shape index (κ2) is 8.38. The number of esters is 1. The molecule has 1 aliphatic carbocycles. The van der Waals surface area contributed by atoms with Crippen molar-refractivity contribution in [2.45, 2.75) is 32.8 Å². The SMILES string of the molecule is C[C@H]1C/C(=C/c2ccco2)c2nc3ccccc3c(C(=O)O[C@H](C)C(=O)N(C)C)c2C1. The lowest BCUT2D eigenvalue weighted by Crippen LogP contribution is -2.35. The molecule has 6 heteroatoms. The van der Waals surface area contributed by atoms with E-state index in [1.165, 1.54) is 4.90 Å². The van der Waals surface area contributed by atoms with E-state index >= 15 is 0 Å². The Morgan fingerprint density at radius 2 is 1.97 bits per heavy atom. The molecule has 0 unspecified atom stereocenters. The Morgan fingerprint density at radius 3 is 2.68 bits per heavy atom. The molecule has 0 spiro atoms. The fourth-order valence-corrected chi connectivity index (χ4v) is 4.15. The predicted octanol–water partition coefficient (Wildman–Crippen LogP) is 4.58. The number of ether oxygens (including phenoxy) is 1. The Balaban J connectivity index is 1.86. The molecular weight excluding hydrogens is 392 g/mol. The molecule has 6 nitrogen and oxygen atoms in total. The smallest absolute Gasteiger partial charge is 0.339 e. The Morgan fingerprint density at radius 1 is 1.19 bits per heavy atom. The van der Waals surface area contributed by atoms with Crippen molar-refractivity contribution in [3.05, 3.63) is 65.2 Å². The first-order valence-electron chi connectivity index (χ1n) is 10.4. The van der Waals surface area contributed by atoms with Crippen molar-refractivity contribution < 1.29 is 18.7 Å². The molecular formula is C25H26N2O4. The number of furan rings is 1. The number of benzene rings is 1. The first-order chi connectivity index (χ1) is 14.8. The number of aromatic nitrogens is 1. The van der Waals surface area contributed by atoms with E-state index in [4.69, 9.17) is 14.1 Å². The van der Waals surface area contributed by atoms with E-state index in [1.54, 1.807) is 27.3 Å². The standard InChI is InChI=1S/C25H26N2O4/c1-15-12-17(14-18-8-7-11-30-18)23-20(13-15)22(19-9-5-6-10-21(19)26-23)25(29)31-16(2)24(28)27(3)4/h5-11,14-16H,12-13H2,1-4H3/b17-14-/t15-,16+/m0/s1. The molecule has 0 saturated heterocycles. The zero-order valence-electron chi connectivity index (χ0n) is 18.2. The summed E-state index contributed by atoms with van der Waals surface area (Å²) in [7, 11) is 3.29. The molecule has 4 rings (SSSR count). The summed E-state index contributed by atoms with van der Waals surface area (Å²) in [6, 6.07) is 11.3. The monoisotopic (exact) mass is 418 g/mol. The van der Waals surface area contributed by atoms with Gasteiger partial charge < -0.3 is 14.1 Å². The van der Waals surface area contributed by atoms with E-state index in [0.717, 1.165) is 39.9 Å². The number of likely N-dealkylation sites (N-methyl/N-ethyl adjacent to an activating group) is 1. The van der Waals surface area contributed by atoms with Crippen LogP contribution in [-0.4, -0.2) is 42.0 Å². The van der Waals surface area contributed by atoms with Gasteiger partial charge in [-0.05, 0) is 61.1 Å². The minimum atomic E-state index is -0.871. The summed E-state index contributed by atoms with van der Waals surface area (Å²) < 4.78 is 11.1. The summed E-state index contributed by atoms with van der Waals surface area (Å²) in [6.45, 7) is 3.75. The van der Waals surface area contributed by atoms with Gasteiger partial charge in [-0.15, -0.1) is 0 Å². The van der Waals surface area contributed by atoms with Gasteiger partial charge in [0.15, 0.2) is 6.10 Å². The molecule has 0 bridgehead atoms. The number of carbonyl (C=O) groups excluding carboxylic acids is 2. The summed E-state index contributed by atoms with van der Waals surface area (Å²) in [5, 5.41) is 0.738. The molecule has 2 aromatic heterocycles. The average Bonchev–Trinajstić information content (AvgIpc) is 3.24. The Bertz CT molecular complexity index is 1160. The summed E-state index contributed by atoms with van der Waals surface area (Å²) in [5.41, 5.74) is 3.91. The third-order valence-corrected chi connectivity index (χ3v) is 5.55. The molecule has 1 aliphatic rings. The number of hydrogen-bond donors (Lipinski definition) is 0. The zero-order valence-corrected chi connectivity index (χ0v) is 18.2. The number of rotatable bonds is 4. The predicted molar refractivity (Wildman–Crippen MR) is 119 cm³/mol. The highest BCUT2D eigenvalue weighted by Crippen LogP contribution is 2.38. The summed E-state index contributed by atoms with van der Waals surface area (Å²) >= 11 is 0. The van der Waals surface area contributed by atoms with E-state index in [9.17, 15) is 9.59 Å². The van der Waals surface area contributed by atoms with Crippen LogP contribution in [0.15, 0.2) is 47.1 Å². The highest BCUT2D eigenvalue weighted by Gasteiger charge is 2.30. The van der Waals surface area contributed by atoms with E-state index in [-0.39, 0.29) is 5.91 Å². The van der Waals surface area contributed by atoms with E-state index in [1.807, 2.05) is 42.5 Å². The molecule has 2 heterocycles. The van der Waals surface area contributed by atoms with Gasteiger partial charge in [0.1, 0.15) is 5.76 Å². The van der Waals surface area contributed by atoms with Crippen LogP contribution in [0.1, 0.15) is 47.6 Å². The van der Waals surface area contributed by atoms with Gasteiger partial charge in [0.25, 0.3) is 5.91 Å². The molecule has 0 aliphatic heterocycles. The van der Waals surface area contributed by atoms with Crippen molar-refractivity contribution >= 4 is 34.4 Å². The minimum Gasteiger partial charge on any atom is -0.465 e. The number of nitrogens with zero attached hydrogens (tertiary/aromatic N) is 2. The first-order valence-corrected chi connectivity index (χ1v) is 10.4. The molecule has 0 fully saturated rings. The largest absolute Gasteiger partial charge is 0.465 e.